The molecule has 0 N–H and O–H groups in total. The molecule has 0 amide bonds. The molecule has 4 nitrogen and oxygen atoms in total. The van der Waals surface area contributed by atoms with Gasteiger partial charge in [0.1, 0.15) is 0 Å². The van der Waals surface area contributed by atoms with Crippen LogP contribution in [0.3, 0.4) is 0 Å². The molecule has 4 heteroatoms. The molecule has 1 aliphatic rings. The number of methoxy groups -OCH3 is 1. The van der Waals surface area contributed by atoms with E-state index in [0.29, 0.717) is 12.5 Å². The molecule has 1 fully saturated rings. The van der Waals surface area contributed by atoms with E-state index in [9.17, 15) is 4.79 Å². The summed E-state index contributed by atoms with van der Waals surface area (Å²) in [5, 5.41) is 0. The van der Waals surface area contributed by atoms with Crippen LogP contribution in [0.1, 0.15) is 6.42 Å². The monoisotopic (exact) mass is 186 g/mol. The van der Waals surface area contributed by atoms with E-state index in [1.807, 2.05) is 0 Å². The second kappa shape index (κ2) is 4.58. The van der Waals surface area contributed by atoms with Crippen LogP contribution >= 0.6 is 0 Å². The minimum absolute atomic E-state index is 0.118. The fraction of sp³-hybridized carbons (Fsp3) is 0.889. The number of ether oxygens (including phenoxy) is 1. The molecule has 1 saturated heterocycles. The fourth-order valence-corrected chi connectivity index (χ4v) is 1.60. The van der Waals surface area contributed by atoms with Gasteiger partial charge in [0.2, 0.25) is 0 Å². The van der Waals surface area contributed by atoms with E-state index >= 15 is 0 Å². The first-order valence-electron chi connectivity index (χ1n) is 4.59. The van der Waals surface area contributed by atoms with Gasteiger partial charge in [0.25, 0.3) is 0 Å². The number of likely N-dealkylation sites (N-methyl/N-ethyl adjacent to an activating group) is 2. The Bertz CT molecular complexity index is 184. The standard InChI is InChI=1S/C9H18N2O2/c1-10-4-5-11(2)8(7-10)6-9(12)13-3/h8H,4-7H2,1-3H3/t8-/m1/s1. The van der Waals surface area contributed by atoms with E-state index in [-0.39, 0.29) is 5.97 Å². The lowest BCUT2D eigenvalue weighted by Crippen LogP contribution is -2.50. The Morgan fingerprint density at radius 1 is 1.46 bits per heavy atom. The highest BCUT2D eigenvalue weighted by Gasteiger charge is 2.24. The third-order valence-corrected chi connectivity index (χ3v) is 2.61. The highest BCUT2D eigenvalue weighted by atomic mass is 16.5. The lowest BCUT2D eigenvalue weighted by atomic mass is 10.1. The van der Waals surface area contributed by atoms with Gasteiger partial charge in [0, 0.05) is 25.7 Å². The molecule has 0 saturated carbocycles. The highest BCUT2D eigenvalue weighted by Crippen LogP contribution is 2.09. The molecule has 0 aliphatic carbocycles. The Kier molecular flexibility index (Phi) is 3.69. The molecule has 76 valence electrons. The van der Waals surface area contributed by atoms with Crippen LogP contribution < -0.4 is 0 Å². The zero-order valence-electron chi connectivity index (χ0n) is 8.62. The summed E-state index contributed by atoms with van der Waals surface area (Å²) in [5.41, 5.74) is 0. The maximum atomic E-state index is 11.1. The van der Waals surface area contributed by atoms with Crippen molar-refractivity contribution >= 4 is 5.97 Å². The number of esters is 1. The van der Waals surface area contributed by atoms with Crippen molar-refractivity contribution in [1.29, 1.82) is 0 Å². The zero-order valence-corrected chi connectivity index (χ0v) is 8.62. The first-order valence-corrected chi connectivity index (χ1v) is 4.59. The summed E-state index contributed by atoms with van der Waals surface area (Å²) in [4.78, 5) is 15.5. The van der Waals surface area contributed by atoms with Gasteiger partial charge < -0.3 is 14.5 Å². The van der Waals surface area contributed by atoms with Crippen molar-refractivity contribution < 1.29 is 9.53 Å². The summed E-state index contributed by atoms with van der Waals surface area (Å²) in [6.45, 7) is 3.05. The molecule has 13 heavy (non-hydrogen) atoms. The van der Waals surface area contributed by atoms with Crippen LogP contribution in [0.2, 0.25) is 0 Å². The molecule has 0 unspecified atom stereocenters. The fourth-order valence-electron chi connectivity index (χ4n) is 1.60. The van der Waals surface area contributed by atoms with Crippen LogP contribution in [0.15, 0.2) is 0 Å². The number of hydrogen-bond donors (Lipinski definition) is 0. The second-order valence-corrected chi connectivity index (χ2v) is 3.68. The first-order chi connectivity index (χ1) is 6.13. The van der Waals surface area contributed by atoms with E-state index in [2.05, 4.69) is 28.6 Å². The average molecular weight is 186 g/mol. The van der Waals surface area contributed by atoms with Crippen molar-refractivity contribution in [3.8, 4) is 0 Å². The average Bonchev–Trinajstić information content (AvgIpc) is 2.11. The number of carbonyl (C=O) groups is 1. The predicted octanol–water partition coefficient (Wildman–Crippen LogP) is -0.205. The highest BCUT2D eigenvalue weighted by molar-refractivity contribution is 5.69. The zero-order chi connectivity index (χ0) is 9.84. The molecular formula is C9H18N2O2. The third kappa shape index (κ3) is 2.97. The van der Waals surface area contributed by atoms with E-state index in [1.165, 1.54) is 7.11 Å². The van der Waals surface area contributed by atoms with Gasteiger partial charge in [-0.15, -0.1) is 0 Å². The van der Waals surface area contributed by atoms with Crippen molar-refractivity contribution in [3.05, 3.63) is 0 Å². The summed E-state index contributed by atoms with van der Waals surface area (Å²) in [6.07, 6.45) is 0.497. The summed E-state index contributed by atoms with van der Waals surface area (Å²) < 4.78 is 4.65. The Balaban J connectivity index is 2.41. The molecule has 1 aliphatic heterocycles. The number of nitrogens with zero attached hydrogens (tertiary/aromatic N) is 2. The van der Waals surface area contributed by atoms with Gasteiger partial charge >= 0.3 is 5.97 Å². The van der Waals surface area contributed by atoms with E-state index < -0.39 is 0 Å². The van der Waals surface area contributed by atoms with Crippen molar-refractivity contribution in [2.45, 2.75) is 12.5 Å². The van der Waals surface area contributed by atoms with Crippen LogP contribution in [0, 0.1) is 0 Å². The Labute approximate surface area is 79.4 Å². The smallest absolute Gasteiger partial charge is 0.307 e. The number of hydrogen-bond acceptors (Lipinski definition) is 4. The quantitative estimate of drug-likeness (QED) is 0.559. The van der Waals surface area contributed by atoms with E-state index in [0.717, 1.165) is 19.6 Å². The minimum Gasteiger partial charge on any atom is -0.469 e. The van der Waals surface area contributed by atoms with Crippen LogP contribution in [-0.4, -0.2) is 62.7 Å². The summed E-state index contributed by atoms with van der Waals surface area (Å²) >= 11 is 0. The van der Waals surface area contributed by atoms with Gasteiger partial charge in [-0.05, 0) is 14.1 Å². The van der Waals surface area contributed by atoms with E-state index in [1.54, 1.807) is 0 Å². The maximum absolute atomic E-state index is 11.1. The third-order valence-electron chi connectivity index (χ3n) is 2.61. The van der Waals surface area contributed by atoms with Gasteiger partial charge in [-0.3, -0.25) is 4.79 Å². The summed E-state index contributed by atoms with van der Waals surface area (Å²) in [7, 11) is 5.58. The SMILES string of the molecule is COC(=O)C[C@@H]1CN(C)CCN1C. The van der Waals surface area contributed by atoms with Crippen LogP contribution in [0.25, 0.3) is 0 Å². The Hall–Kier alpha value is -0.610. The Morgan fingerprint density at radius 2 is 2.15 bits per heavy atom. The topological polar surface area (TPSA) is 32.8 Å². The number of piperazine rings is 1. The van der Waals surface area contributed by atoms with Crippen molar-refractivity contribution in [1.82, 2.24) is 9.80 Å². The maximum Gasteiger partial charge on any atom is 0.307 e. The van der Waals surface area contributed by atoms with Gasteiger partial charge in [-0.2, -0.15) is 0 Å². The van der Waals surface area contributed by atoms with Gasteiger partial charge in [-0.25, -0.2) is 0 Å². The van der Waals surface area contributed by atoms with Crippen molar-refractivity contribution in [2.75, 3.05) is 40.8 Å². The van der Waals surface area contributed by atoms with Crippen LogP contribution in [0.4, 0.5) is 0 Å². The molecule has 0 radical (unpaired) electrons. The normalized spacial score (nSPS) is 25.9. The molecule has 0 bridgehead atoms. The van der Waals surface area contributed by atoms with Crippen LogP contribution in [-0.2, 0) is 9.53 Å². The summed E-state index contributed by atoms with van der Waals surface area (Å²) in [5.74, 6) is -0.118. The minimum atomic E-state index is -0.118. The predicted molar refractivity (Wildman–Crippen MR) is 50.5 cm³/mol. The van der Waals surface area contributed by atoms with E-state index in [4.69, 9.17) is 0 Å². The van der Waals surface area contributed by atoms with Gasteiger partial charge in [0.15, 0.2) is 0 Å². The molecular weight excluding hydrogens is 168 g/mol. The van der Waals surface area contributed by atoms with Crippen LogP contribution in [0.5, 0.6) is 0 Å². The van der Waals surface area contributed by atoms with Gasteiger partial charge in [0.05, 0.1) is 13.5 Å². The molecule has 1 rings (SSSR count). The summed E-state index contributed by atoms with van der Waals surface area (Å²) in [6, 6.07) is 0.311. The number of carbonyl (C=O) groups excluding carboxylic acids is 1. The lowest BCUT2D eigenvalue weighted by molar-refractivity contribution is -0.142. The molecule has 1 heterocycles. The van der Waals surface area contributed by atoms with Gasteiger partial charge in [-0.1, -0.05) is 0 Å². The molecule has 0 aromatic rings. The van der Waals surface area contributed by atoms with Crippen molar-refractivity contribution in [2.24, 2.45) is 0 Å². The lowest BCUT2D eigenvalue weighted by Gasteiger charge is -2.37. The molecule has 0 aromatic carbocycles. The largest absolute Gasteiger partial charge is 0.469 e. The second-order valence-electron chi connectivity index (χ2n) is 3.68. The first kappa shape index (κ1) is 10.5. The Morgan fingerprint density at radius 3 is 2.77 bits per heavy atom. The molecule has 0 spiro atoms. The van der Waals surface area contributed by atoms with Crippen molar-refractivity contribution in [3.63, 3.8) is 0 Å². The molecule has 0 aromatic heterocycles. The number of rotatable bonds is 2. The molecule has 1 atom stereocenters.